The molecule has 2 aromatic rings. The molecule has 0 unspecified atom stereocenters. The number of hydrogen-bond acceptors (Lipinski definition) is 3. The van der Waals surface area contributed by atoms with Crippen LogP contribution in [0.4, 0.5) is 0 Å². The van der Waals surface area contributed by atoms with E-state index in [9.17, 15) is 9.59 Å². The number of nitrogens with zero attached hydrogens (tertiary/aromatic N) is 2. The van der Waals surface area contributed by atoms with E-state index in [4.69, 9.17) is 0 Å². The lowest BCUT2D eigenvalue weighted by molar-refractivity contribution is -0.163. The number of rotatable bonds is 3. The molecule has 4 rings (SSSR count). The molecule has 0 N–H and O–H groups in total. The van der Waals surface area contributed by atoms with Gasteiger partial charge in [0.2, 0.25) is 5.91 Å². The highest BCUT2D eigenvalue weighted by atomic mass is 35.5. The molecule has 2 heterocycles. The SMILES string of the molecule is Cl.O=C1[C@H]2CCCCN2[C@H](c2ccccc2)C(=O)N1Cc1ccccc1. The second-order valence-electron chi connectivity index (χ2n) is 6.81. The zero-order chi connectivity index (χ0) is 17.2. The van der Waals surface area contributed by atoms with Gasteiger partial charge in [0.15, 0.2) is 0 Å². The number of fused-ring (bicyclic) bond motifs is 1. The molecule has 2 atom stereocenters. The third kappa shape index (κ3) is 3.39. The first-order valence-electron chi connectivity index (χ1n) is 8.95. The van der Waals surface area contributed by atoms with Crippen molar-refractivity contribution in [3.8, 4) is 0 Å². The predicted octanol–water partition coefficient (Wildman–Crippen LogP) is 3.57. The molecule has 0 bridgehead atoms. The number of carbonyl (C=O) groups excluding carboxylic acids is 2. The van der Waals surface area contributed by atoms with Gasteiger partial charge >= 0.3 is 0 Å². The fourth-order valence-corrected chi connectivity index (χ4v) is 4.00. The molecule has 0 radical (unpaired) electrons. The van der Waals surface area contributed by atoms with Crippen LogP contribution in [0.15, 0.2) is 60.7 Å². The number of hydrogen-bond donors (Lipinski definition) is 0. The summed E-state index contributed by atoms with van der Waals surface area (Å²) in [7, 11) is 0. The van der Waals surface area contributed by atoms with E-state index in [-0.39, 0.29) is 36.3 Å². The summed E-state index contributed by atoms with van der Waals surface area (Å²) in [4.78, 5) is 29.9. The summed E-state index contributed by atoms with van der Waals surface area (Å²) >= 11 is 0. The van der Waals surface area contributed by atoms with Crippen molar-refractivity contribution < 1.29 is 9.59 Å². The van der Waals surface area contributed by atoms with Gasteiger partial charge in [-0.3, -0.25) is 19.4 Å². The Morgan fingerprint density at radius 3 is 2.19 bits per heavy atom. The Hall–Kier alpha value is -2.17. The normalized spacial score (nSPS) is 23.3. The van der Waals surface area contributed by atoms with E-state index in [1.807, 2.05) is 60.7 Å². The summed E-state index contributed by atoms with van der Waals surface area (Å²) in [6.07, 6.45) is 2.92. The first-order chi connectivity index (χ1) is 12.3. The Kier molecular flexibility index (Phi) is 5.74. The number of imide groups is 1. The van der Waals surface area contributed by atoms with Gasteiger partial charge in [-0.2, -0.15) is 0 Å². The largest absolute Gasteiger partial charge is 0.277 e. The fraction of sp³-hybridized carbons (Fsp3) is 0.333. The fourth-order valence-electron chi connectivity index (χ4n) is 4.00. The van der Waals surface area contributed by atoms with Crippen LogP contribution in [0.25, 0.3) is 0 Å². The zero-order valence-electron chi connectivity index (χ0n) is 14.6. The minimum Gasteiger partial charge on any atom is -0.277 e. The van der Waals surface area contributed by atoms with E-state index in [1.54, 1.807) is 0 Å². The Morgan fingerprint density at radius 1 is 0.846 bits per heavy atom. The summed E-state index contributed by atoms with van der Waals surface area (Å²) in [6.45, 7) is 1.16. The van der Waals surface area contributed by atoms with E-state index in [1.165, 1.54) is 4.90 Å². The highest BCUT2D eigenvalue weighted by Crippen LogP contribution is 2.35. The maximum absolute atomic E-state index is 13.3. The van der Waals surface area contributed by atoms with Gasteiger partial charge in [0.1, 0.15) is 6.04 Å². The molecule has 5 heteroatoms. The van der Waals surface area contributed by atoms with E-state index in [0.717, 1.165) is 36.9 Å². The van der Waals surface area contributed by atoms with Gasteiger partial charge in [0.05, 0.1) is 12.6 Å². The van der Waals surface area contributed by atoms with Gasteiger partial charge < -0.3 is 0 Å². The lowest BCUT2D eigenvalue weighted by atomic mass is 9.91. The molecule has 2 aromatic carbocycles. The average Bonchev–Trinajstić information content (AvgIpc) is 2.67. The number of carbonyl (C=O) groups is 2. The number of amides is 2. The van der Waals surface area contributed by atoms with Crippen molar-refractivity contribution >= 4 is 24.2 Å². The Labute approximate surface area is 160 Å². The second-order valence-corrected chi connectivity index (χ2v) is 6.81. The van der Waals surface area contributed by atoms with Crippen LogP contribution in [-0.4, -0.2) is 34.2 Å². The van der Waals surface area contributed by atoms with Crippen LogP contribution in [0.5, 0.6) is 0 Å². The smallest absolute Gasteiger partial charge is 0.251 e. The third-order valence-corrected chi connectivity index (χ3v) is 5.23. The highest BCUT2D eigenvalue weighted by Gasteiger charge is 2.47. The number of piperazine rings is 1. The average molecular weight is 371 g/mol. The van der Waals surface area contributed by atoms with E-state index in [0.29, 0.717) is 6.54 Å². The molecule has 0 aromatic heterocycles. The van der Waals surface area contributed by atoms with Crippen molar-refractivity contribution in [1.29, 1.82) is 0 Å². The molecular weight excluding hydrogens is 348 g/mol. The molecule has 0 saturated carbocycles. The van der Waals surface area contributed by atoms with Crippen molar-refractivity contribution in [2.24, 2.45) is 0 Å². The summed E-state index contributed by atoms with van der Waals surface area (Å²) in [5.41, 5.74) is 1.96. The van der Waals surface area contributed by atoms with Crippen molar-refractivity contribution in [3.05, 3.63) is 71.8 Å². The topological polar surface area (TPSA) is 40.6 Å². The van der Waals surface area contributed by atoms with Crippen molar-refractivity contribution in [1.82, 2.24) is 9.80 Å². The summed E-state index contributed by atoms with van der Waals surface area (Å²) in [5, 5.41) is 0. The van der Waals surface area contributed by atoms with Crippen LogP contribution in [-0.2, 0) is 16.1 Å². The van der Waals surface area contributed by atoms with Crippen LogP contribution in [0.1, 0.15) is 36.4 Å². The van der Waals surface area contributed by atoms with Gasteiger partial charge in [-0.15, -0.1) is 12.4 Å². The number of halogens is 1. The van der Waals surface area contributed by atoms with Gasteiger partial charge in [0, 0.05) is 6.54 Å². The lowest BCUT2D eigenvalue weighted by Crippen LogP contribution is -2.61. The second kappa shape index (κ2) is 8.02. The molecule has 0 spiro atoms. The van der Waals surface area contributed by atoms with Crippen LogP contribution in [0, 0.1) is 0 Å². The zero-order valence-corrected chi connectivity index (χ0v) is 15.4. The van der Waals surface area contributed by atoms with E-state index in [2.05, 4.69) is 4.90 Å². The molecular formula is C21H23ClN2O2. The maximum atomic E-state index is 13.3. The van der Waals surface area contributed by atoms with Crippen LogP contribution in [0.2, 0.25) is 0 Å². The lowest BCUT2D eigenvalue weighted by Gasteiger charge is -2.46. The minimum atomic E-state index is -0.354. The third-order valence-electron chi connectivity index (χ3n) is 5.23. The van der Waals surface area contributed by atoms with Crippen LogP contribution < -0.4 is 0 Å². The molecule has 26 heavy (non-hydrogen) atoms. The minimum absolute atomic E-state index is 0. The monoisotopic (exact) mass is 370 g/mol. The summed E-state index contributed by atoms with van der Waals surface area (Å²) < 4.78 is 0. The highest BCUT2D eigenvalue weighted by molar-refractivity contribution is 6.03. The van der Waals surface area contributed by atoms with Crippen molar-refractivity contribution in [3.63, 3.8) is 0 Å². The summed E-state index contributed by atoms with van der Waals surface area (Å²) in [5.74, 6) is -0.140. The van der Waals surface area contributed by atoms with E-state index < -0.39 is 0 Å². The maximum Gasteiger partial charge on any atom is 0.251 e. The Balaban J connectivity index is 0.00000196. The number of piperidine rings is 1. The Morgan fingerprint density at radius 2 is 1.50 bits per heavy atom. The Bertz CT molecular complexity index is 766. The van der Waals surface area contributed by atoms with Crippen molar-refractivity contribution in [2.45, 2.75) is 37.9 Å². The number of benzene rings is 2. The molecule has 2 saturated heterocycles. The quantitative estimate of drug-likeness (QED) is 0.775. The van der Waals surface area contributed by atoms with Gasteiger partial charge in [-0.1, -0.05) is 67.1 Å². The van der Waals surface area contributed by atoms with Crippen LogP contribution >= 0.6 is 12.4 Å². The van der Waals surface area contributed by atoms with E-state index >= 15 is 0 Å². The summed E-state index contributed by atoms with van der Waals surface area (Å²) in [6, 6.07) is 19.1. The van der Waals surface area contributed by atoms with Crippen LogP contribution in [0.3, 0.4) is 0 Å². The first kappa shape index (κ1) is 18.6. The standard InChI is InChI=1S/C21H22N2O2.ClH/c24-20-18-13-7-8-14-22(18)19(17-11-5-2-6-12-17)21(25)23(20)15-16-9-3-1-4-10-16;/h1-6,9-12,18-19H,7-8,13-15H2;1H/t18-,19-;/m1./s1. The molecule has 0 aliphatic carbocycles. The van der Waals surface area contributed by atoms with Gasteiger partial charge in [0.25, 0.3) is 5.91 Å². The van der Waals surface area contributed by atoms with Crippen molar-refractivity contribution in [2.75, 3.05) is 6.54 Å². The molecule has 2 aliphatic heterocycles. The molecule has 2 fully saturated rings. The van der Waals surface area contributed by atoms with Gasteiger partial charge in [-0.25, -0.2) is 0 Å². The van der Waals surface area contributed by atoms with Gasteiger partial charge in [-0.05, 0) is 24.0 Å². The molecule has 2 aliphatic rings. The molecule has 136 valence electrons. The molecule has 4 nitrogen and oxygen atoms in total. The first-order valence-corrected chi connectivity index (χ1v) is 8.95. The predicted molar refractivity (Wildman–Crippen MR) is 103 cm³/mol. The molecule has 2 amide bonds.